The summed E-state index contributed by atoms with van der Waals surface area (Å²) in [5.41, 5.74) is 3.25. The van der Waals surface area contributed by atoms with E-state index in [2.05, 4.69) is 5.16 Å². The van der Waals surface area contributed by atoms with Crippen LogP contribution in [0.2, 0.25) is 0 Å². The summed E-state index contributed by atoms with van der Waals surface area (Å²) in [6, 6.07) is 5.47. The number of anilines is 1. The van der Waals surface area contributed by atoms with Gasteiger partial charge in [0, 0.05) is 0 Å². The molecule has 1 rings (SSSR count). The number of carbonyl (C=O) groups excluding carboxylic acids is 1. The number of alkyl halides is 1. The van der Waals surface area contributed by atoms with E-state index >= 15 is 0 Å². The number of halogens is 1. The maximum Gasteiger partial charge on any atom is 0.242 e. The fourth-order valence-corrected chi connectivity index (χ4v) is 2.18. The molecule has 1 atom stereocenters. The molecule has 104 valence electrons. The van der Waals surface area contributed by atoms with E-state index in [0.717, 1.165) is 16.8 Å². The van der Waals surface area contributed by atoms with Gasteiger partial charge >= 0.3 is 0 Å². The third kappa shape index (κ3) is 3.26. The summed E-state index contributed by atoms with van der Waals surface area (Å²) in [4.78, 5) is 13.7. The van der Waals surface area contributed by atoms with Crippen LogP contribution >= 0.6 is 11.6 Å². The summed E-state index contributed by atoms with van der Waals surface area (Å²) in [6.07, 6.45) is 0. The highest BCUT2D eigenvalue weighted by Gasteiger charge is 2.26. The normalized spacial score (nSPS) is 13.2. The topological polar surface area (TPSA) is 52.9 Å². The zero-order valence-electron chi connectivity index (χ0n) is 11.6. The van der Waals surface area contributed by atoms with Crippen molar-refractivity contribution in [2.45, 2.75) is 33.7 Å². The molecule has 0 saturated heterocycles. The monoisotopic (exact) mass is 282 g/mol. The number of para-hydroxylation sites is 1. The van der Waals surface area contributed by atoms with Gasteiger partial charge in [-0.2, -0.15) is 0 Å². The lowest BCUT2D eigenvalue weighted by atomic mass is 10.0. The van der Waals surface area contributed by atoms with Crippen LogP contribution in [-0.2, 0) is 4.79 Å². The molecule has 0 aromatic heterocycles. The lowest BCUT2D eigenvalue weighted by Gasteiger charge is -2.31. The lowest BCUT2D eigenvalue weighted by molar-refractivity contribution is -0.116. The second-order valence-corrected chi connectivity index (χ2v) is 4.82. The number of nitrogens with zero attached hydrogens (tertiary/aromatic N) is 2. The summed E-state index contributed by atoms with van der Waals surface area (Å²) in [6.45, 7) is 7.36. The summed E-state index contributed by atoms with van der Waals surface area (Å²) in [5, 5.41) is 12.1. The van der Waals surface area contributed by atoms with Crippen molar-refractivity contribution in [3.8, 4) is 0 Å². The molecule has 0 saturated carbocycles. The Morgan fingerprint density at radius 2 is 1.95 bits per heavy atom. The minimum atomic E-state index is -0.351. The van der Waals surface area contributed by atoms with Gasteiger partial charge in [-0.15, -0.1) is 11.6 Å². The van der Waals surface area contributed by atoms with Gasteiger partial charge in [-0.1, -0.05) is 23.4 Å². The Morgan fingerprint density at radius 3 is 2.37 bits per heavy atom. The van der Waals surface area contributed by atoms with E-state index in [4.69, 9.17) is 16.8 Å². The van der Waals surface area contributed by atoms with Gasteiger partial charge in [-0.25, -0.2) is 0 Å². The third-order valence-electron chi connectivity index (χ3n) is 3.21. The Labute approximate surface area is 118 Å². The molecule has 19 heavy (non-hydrogen) atoms. The highest BCUT2D eigenvalue weighted by Crippen LogP contribution is 2.27. The van der Waals surface area contributed by atoms with Crippen molar-refractivity contribution in [2.24, 2.45) is 5.16 Å². The average molecular weight is 283 g/mol. The minimum Gasteiger partial charge on any atom is -0.411 e. The number of carbonyl (C=O) groups is 1. The molecule has 0 aliphatic rings. The fourth-order valence-electron chi connectivity index (χ4n) is 2.05. The highest BCUT2D eigenvalue weighted by molar-refractivity contribution is 6.30. The molecule has 4 nitrogen and oxygen atoms in total. The van der Waals surface area contributed by atoms with Gasteiger partial charge in [-0.3, -0.25) is 4.79 Å². The van der Waals surface area contributed by atoms with Crippen LogP contribution in [0.3, 0.4) is 0 Å². The number of amides is 1. The van der Waals surface area contributed by atoms with Crippen LogP contribution in [0.1, 0.15) is 25.0 Å². The predicted molar refractivity (Wildman–Crippen MR) is 78.5 cm³/mol. The van der Waals surface area contributed by atoms with Crippen molar-refractivity contribution in [1.29, 1.82) is 0 Å². The van der Waals surface area contributed by atoms with E-state index in [9.17, 15) is 4.79 Å². The van der Waals surface area contributed by atoms with Crippen molar-refractivity contribution in [3.63, 3.8) is 0 Å². The molecule has 1 unspecified atom stereocenters. The molecule has 0 bridgehead atoms. The number of rotatable bonds is 4. The highest BCUT2D eigenvalue weighted by atomic mass is 35.5. The van der Waals surface area contributed by atoms with Gasteiger partial charge in [-0.05, 0) is 38.8 Å². The van der Waals surface area contributed by atoms with Gasteiger partial charge in [0.2, 0.25) is 5.91 Å². The predicted octanol–water partition coefficient (Wildman–Crippen LogP) is 3.11. The Bertz CT molecular complexity index is 480. The molecule has 0 spiro atoms. The van der Waals surface area contributed by atoms with E-state index in [1.807, 2.05) is 39.0 Å². The molecule has 5 heteroatoms. The van der Waals surface area contributed by atoms with Crippen molar-refractivity contribution in [2.75, 3.05) is 10.8 Å². The fraction of sp³-hybridized carbons (Fsp3) is 0.429. The van der Waals surface area contributed by atoms with Crippen LogP contribution in [0.5, 0.6) is 0 Å². The van der Waals surface area contributed by atoms with Crippen molar-refractivity contribution >= 4 is 28.9 Å². The summed E-state index contributed by atoms with van der Waals surface area (Å²) in [7, 11) is 0. The molecule has 1 aromatic carbocycles. The number of aryl methyl sites for hydroxylation is 2. The van der Waals surface area contributed by atoms with Crippen molar-refractivity contribution in [1.82, 2.24) is 0 Å². The Hall–Kier alpha value is -1.55. The molecule has 0 aliphatic heterocycles. The molecular formula is C14H19ClN2O2. The number of oxime groups is 1. The summed E-state index contributed by atoms with van der Waals surface area (Å²) in [5.74, 6) is -0.328. The van der Waals surface area contributed by atoms with Crippen LogP contribution < -0.4 is 4.90 Å². The molecule has 0 fully saturated rings. The molecule has 0 heterocycles. The summed E-state index contributed by atoms with van der Waals surface area (Å²) >= 11 is 5.70. The number of benzene rings is 1. The Kier molecular flexibility index (Phi) is 5.36. The van der Waals surface area contributed by atoms with Crippen molar-refractivity contribution in [3.05, 3.63) is 29.3 Å². The van der Waals surface area contributed by atoms with Gasteiger partial charge < -0.3 is 10.1 Å². The van der Waals surface area contributed by atoms with Gasteiger partial charge in [0.25, 0.3) is 0 Å². The average Bonchev–Trinajstić information content (AvgIpc) is 2.40. The largest absolute Gasteiger partial charge is 0.411 e. The van der Waals surface area contributed by atoms with E-state index in [1.165, 1.54) is 0 Å². The first-order chi connectivity index (χ1) is 8.93. The van der Waals surface area contributed by atoms with Crippen molar-refractivity contribution < 1.29 is 10.0 Å². The second kappa shape index (κ2) is 6.57. The maximum atomic E-state index is 12.1. The standard InChI is InChI=1S/C14H19ClN2O2/c1-9-6-5-7-10(2)14(9)17(13(18)8-15)12(4)11(3)16-19/h5-7,12,19H,8H2,1-4H3/b16-11+. The van der Waals surface area contributed by atoms with E-state index in [-0.39, 0.29) is 17.8 Å². The van der Waals surface area contributed by atoms with Crippen LogP contribution in [0.15, 0.2) is 23.4 Å². The quantitative estimate of drug-likeness (QED) is 0.399. The molecule has 1 N–H and O–H groups in total. The number of hydrogen-bond acceptors (Lipinski definition) is 3. The first-order valence-corrected chi connectivity index (χ1v) is 6.60. The first-order valence-electron chi connectivity index (χ1n) is 6.06. The van der Waals surface area contributed by atoms with Crippen LogP contribution in [0, 0.1) is 13.8 Å². The Balaban J connectivity index is 3.37. The second-order valence-electron chi connectivity index (χ2n) is 4.56. The summed E-state index contributed by atoms with van der Waals surface area (Å²) < 4.78 is 0. The SMILES string of the molecule is C/C(=N\O)C(C)N(C(=O)CCl)c1c(C)cccc1C. The molecular weight excluding hydrogens is 264 g/mol. The maximum absolute atomic E-state index is 12.1. The van der Waals surface area contributed by atoms with Gasteiger partial charge in [0.05, 0.1) is 17.4 Å². The van der Waals surface area contributed by atoms with Gasteiger partial charge in [0.15, 0.2) is 0 Å². The van der Waals surface area contributed by atoms with Crippen LogP contribution in [0.4, 0.5) is 5.69 Å². The zero-order chi connectivity index (χ0) is 14.6. The molecule has 1 aromatic rings. The van der Waals surface area contributed by atoms with Crippen LogP contribution in [0.25, 0.3) is 0 Å². The molecule has 0 aliphatic carbocycles. The van der Waals surface area contributed by atoms with E-state index in [1.54, 1.807) is 11.8 Å². The van der Waals surface area contributed by atoms with Crippen LogP contribution in [-0.4, -0.2) is 28.7 Å². The first kappa shape index (κ1) is 15.5. The lowest BCUT2D eigenvalue weighted by Crippen LogP contribution is -2.44. The van der Waals surface area contributed by atoms with E-state index in [0.29, 0.717) is 5.71 Å². The molecule has 0 radical (unpaired) electrons. The smallest absolute Gasteiger partial charge is 0.242 e. The third-order valence-corrected chi connectivity index (χ3v) is 3.44. The van der Waals surface area contributed by atoms with E-state index < -0.39 is 0 Å². The van der Waals surface area contributed by atoms with Gasteiger partial charge in [0.1, 0.15) is 5.88 Å². The zero-order valence-corrected chi connectivity index (χ0v) is 12.4. The Morgan fingerprint density at radius 1 is 1.42 bits per heavy atom. The minimum absolute atomic E-state index is 0.114. The molecule has 1 amide bonds. The number of hydrogen-bond donors (Lipinski definition) is 1.